The Kier molecular flexibility index (Phi) is 23.8. The number of carboxylic acids is 1. The normalized spacial score (nSPS) is 19.0. The SMILES string of the molecule is Cc1c(-c2ccc(C(=O)N3CCC(C4CCN(c5ccc(NC6CCC(=O)NC6=O)cc5F)CC4)CC3)c(OC(F)(F)F)c2)cn(C)c(=O)c1C.Cc1c(-c2ccc(C(=O)O)c(OC(F)(F)F)c2)cn(C)c(=O)c1C.O=C1CCC(Nc2ccc(N3CCC(C4CCNCC4)CC3)c(F)c2)C(=O)N1. The van der Waals surface area contributed by atoms with Crippen LogP contribution in [-0.2, 0) is 33.3 Å². The number of carboxylic acid groups (broad SMARTS) is 1. The third-order valence-electron chi connectivity index (χ3n) is 20.7. The Labute approximate surface area is 589 Å². The zero-order chi connectivity index (χ0) is 74.4. The average molecular weight is 1440 g/mol. The van der Waals surface area contributed by atoms with Gasteiger partial charge in [-0.1, -0.05) is 12.1 Å². The van der Waals surface area contributed by atoms with E-state index >= 15 is 4.39 Å². The first-order valence-electron chi connectivity index (χ1n) is 34.5. The topological polar surface area (TPSA) is 255 Å². The van der Waals surface area contributed by atoms with Crippen molar-refractivity contribution in [3.63, 3.8) is 0 Å². The molecule has 0 bridgehead atoms. The Morgan fingerprint density at radius 1 is 0.495 bits per heavy atom. The molecule has 29 heteroatoms. The number of anilines is 4. The van der Waals surface area contributed by atoms with Crippen LogP contribution in [-0.4, -0.2) is 132 Å². The highest BCUT2D eigenvalue weighted by atomic mass is 19.4. The Morgan fingerprint density at radius 3 is 1.25 bits per heavy atom. The molecule has 0 radical (unpaired) electrons. The van der Waals surface area contributed by atoms with Gasteiger partial charge in [0.15, 0.2) is 0 Å². The van der Waals surface area contributed by atoms with Crippen molar-refractivity contribution < 1.29 is 78.5 Å². The second-order valence-corrected chi connectivity index (χ2v) is 27.2. The monoisotopic (exact) mass is 1440 g/mol. The molecule has 21 nitrogen and oxygen atoms in total. The Hall–Kier alpha value is -9.80. The van der Waals surface area contributed by atoms with Crippen molar-refractivity contribution in [3.8, 4) is 33.8 Å². The molecular weight excluding hydrogens is 1360 g/mol. The van der Waals surface area contributed by atoms with Gasteiger partial charge < -0.3 is 54.4 Å². The number of halogens is 8. The molecule has 0 aliphatic carbocycles. The summed E-state index contributed by atoms with van der Waals surface area (Å²) in [6.45, 7) is 12.8. The number of likely N-dealkylation sites (tertiary alicyclic amines) is 1. The van der Waals surface area contributed by atoms with Crippen LogP contribution in [0.4, 0.5) is 57.9 Å². The summed E-state index contributed by atoms with van der Waals surface area (Å²) in [7, 11) is 3.10. The summed E-state index contributed by atoms with van der Waals surface area (Å²) in [5.74, 6) is -3.21. The van der Waals surface area contributed by atoms with Crippen molar-refractivity contribution >= 4 is 58.3 Å². The Morgan fingerprint density at radius 2 is 0.874 bits per heavy atom. The lowest BCUT2D eigenvalue weighted by molar-refractivity contribution is -0.275. The van der Waals surface area contributed by atoms with Crippen molar-refractivity contribution in [1.82, 2.24) is 30.0 Å². The van der Waals surface area contributed by atoms with Gasteiger partial charge in [-0.2, -0.15) is 0 Å². The quantitative estimate of drug-likeness (QED) is 0.0438. The highest BCUT2D eigenvalue weighted by Gasteiger charge is 2.38. The van der Waals surface area contributed by atoms with Gasteiger partial charge in [-0.15, -0.1) is 26.3 Å². The van der Waals surface area contributed by atoms with Crippen LogP contribution in [0.25, 0.3) is 22.3 Å². The highest BCUT2D eigenvalue weighted by molar-refractivity contribution is 6.02. The summed E-state index contributed by atoms with van der Waals surface area (Å²) in [4.78, 5) is 101. The van der Waals surface area contributed by atoms with Gasteiger partial charge in [0, 0.05) is 112 Å². The molecule has 6 aliphatic heterocycles. The molecule has 6 saturated heterocycles. The molecule has 6 fully saturated rings. The number of pyridine rings is 2. The number of rotatable bonds is 14. The lowest BCUT2D eigenvalue weighted by atomic mass is 9.78. The number of aryl methyl sites for hydroxylation is 2. The van der Waals surface area contributed by atoms with Crippen LogP contribution in [0.1, 0.15) is 120 Å². The van der Waals surface area contributed by atoms with E-state index in [1.165, 1.54) is 65.6 Å². The van der Waals surface area contributed by atoms with Crippen molar-refractivity contribution in [2.75, 3.05) is 72.8 Å². The van der Waals surface area contributed by atoms with Crippen LogP contribution in [0.5, 0.6) is 11.5 Å². The van der Waals surface area contributed by atoms with E-state index in [1.807, 2.05) is 11.0 Å². The standard InChI is InChI=1S/C37H41F4N5O5.C21H29FN4O2.C16H14F3NO4/c1-21-22(2)35(49)44(3)20-28(21)25-4-6-27(32(18-25)51-37(39,40)41)36(50)46-16-12-24(13-17-46)23-10-14-45(15-11-23)31-8-5-26(19-29(31)38)42-30-7-9-33(47)43-34(30)48;22-17-13-16(24-18-2-4-20(27)25-21(18)28)1-3-19(17)26-11-7-15(8-12-26)14-5-9-23-10-6-14;1-8-9(2)14(21)20(3)7-12(8)10-4-5-11(15(22)23)13(6-10)24-16(17,18)19/h4-6,8,18-20,23-24,30,42H,7,9-17H2,1-3H3,(H,43,47,48);1,3,13-15,18,23-24H,2,4-12H2,(H,25,27,28);4-7H,1-3H3,(H,22,23). The largest absolute Gasteiger partial charge is 0.573 e. The van der Waals surface area contributed by atoms with E-state index in [0.29, 0.717) is 137 Å². The van der Waals surface area contributed by atoms with Crippen LogP contribution in [0.15, 0.2) is 94.8 Å². The number of aromatic carboxylic acids is 1. The first kappa shape index (κ1) is 75.9. The lowest BCUT2D eigenvalue weighted by Crippen LogP contribution is -2.47. The predicted molar refractivity (Wildman–Crippen MR) is 370 cm³/mol. The molecule has 5 amide bonds. The zero-order valence-electron chi connectivity index (χ0n) is 58.0. The molecule has 103 heavy (non-hydrogen) atoms. The molecule has 0 spiro atoms. The second kappa shape index (κ2) is 32.3. The molecule has 4 aromatic carbocycles. The van der Waals surface area contributed by atoms with Crippen LogP contribution in [0, 0.1) is 63.0 Å². The maximum Gasteiger partial charge on any atom is 0.573 e. The minimum atomic E-state index is -5.02. The summed E-state index contributed by atoms with van der Waals surface area (Å²) in [6, 6.07) is 16.3. The molecule has 2 unspecified atom stereocenters. The molecule has 0 saturated carbocycles. The van der Waals surface area contributed by atoms with E-state index in [2.05, 4.69) is 41.0 Å². The summed E-state index contributed by atoms with van der Waals surface area (Å²) in [5.41, 5.74) is 4.89. The van der Waals surface area contributed by atoms with E-state index in [0.717, 1.165) is 75.8 Å². The van der Waals surface area contributed by atoms with Crippen molar-refractivity contribution in [2.45, 2.75) is 130 Å². The van der Waals surface area contributed by atoms with Crippen LogP contribution >= 0.6 is 0 Å². The molecule has 12 rings (SSSR count). The third kappa shape index (κ3) is 18.7. The number of aromatic nitrogens is 2. The average Bonchev–Trinajstić information content (AvgIpc) is 0.791. The number of hydrogen-bond donors (Lipinski definition) is 6. The number of nitrogens with one attached hydrogen (secondary N) is 5. The van der Waals surface area contributed by atoms with Crippen molar-refractivity contribution in [2.24, 2.45) is 37.8 Å². The smallest absolute Gasteiger partial charge is 0.478 e. The van der Waals surface area contributed by atoms with E-state index in [4.69, 9.17) is 5.11 Å². The minimum Gasteiger partial charge on any atom is -0.478 e. The van der Waals surface area contributed by atoms with E-state index in [9.17, 15) is 69.1 Å². The number of benzene rings is 4. The number of alkyl halides is 6. The summed E-state index contributed by atoms with van der Waals surface area (Å²) in [6.07, 6.45) is 2.17. The molecule has 2 atom stereocenters. The van der Waals surface area contributed by atoms with Gasteiger partial charge in [0.25, 0.3) is 17.0 Å². The summed E-state index contributed by atoms with van der Waals surface area (Å²) < 4.78 is 119. The molecule has 2 aromatic heterocycles. The van der Waals surface area contributed by atoms with Gasteiger partial charge in [0.05, 0.1) is 16.9 Å². The molecule has 552 valence electrons. The van der Waals surface area contributed by atoms with E-state index < -0.39 is 65.5 Å². The number of amides is 5. The summed E-state index contributed by atoms with van der Waals surface area (Å²) in [5, 5.41) is 23.1. The van der Waals surface area contributed by atoms with Gasteiger partial charge >= 0.3 is 18.7 Å². The van der Waals surface area contributed by atoms with Gasteiger partial charge in [-0.05, 0) is 212 Å². The first-order valence-corrected chi connectivity index (χ1v) is 34.5. The molecular formula is C74H84F8N10O11. The molecule has 6 N–H and O–H groups in total. The fraction of sp³-hybridized carbons (Fsp3) is 0.459. The van der Waals surface area contributed by atoms with Crippen molar-refractivity contribution in [3.05, 3.63) is 151 Å². The number of piperidine rings is 6. The highest BCUT2D eigenvalue weighted by Crippen LogP contribution is 2.40. The summed E-state index contributed by atoms with van der Waals surface area (Å²) >= 11 is 0. The molecule has 8 heterocycles. The minimum absolute atomic E-state index is 0.178. The third-order valence-corrected chi connectivity index (χ3v) is 20.7. The van der Waals surface area contributed by atoms with Gasteiger partial charge in [-0.3, -0.25) is 44.2 Å². The van der Waals surface area contributed by atoms with Gasteiger partial charge in [0.1, 0.15) is 40.8 Å². The van der Waals surface area contributed by atoms with Crippen molar-refractivity contribution in [1.29, 1.82) is 0 Å². The maximum absolute atomic E-state index is 15.2. The number of carbonyl (C=O) groups excluding carboxylic acids is 5. The second-order valence-electron chi connectivity index (χ2n) is 27.2. The van der Waals surface area contributed by atoms with E-state index in [-0.39, 0.29) is 46.6 Å². The number of ether oxygens (including phenoxy) is 2. The Bertz CT molecular complexity index is 4300. The fourth-order valence-corrected chi connectivity index (χ4v) is 14.7. The fourth-order valence-electron chi connectivity index (χ4n) is 14.7. The van der Waals surface area contributed by atoms with Crippen LogP contribution < -0.4 is 57.0 Å². The zero-order valence-corrected chi connectivity index (χ0v) is 58.0. The predicted octanol–water partition coefficient (Wildman–Crippen LogP) is 11.2. The molecule has 6 aliphatic rings. The number of imide groups is 2. The molecule has 6 aromatic rings. The number of carbonyl (C=O) groups is 6. The Balaban J connectivity index is 0.000000184. The number of hydrogen-bond acceptors (Lipinski definition) is 15. The van der Waals surface area contributed by atoms with Crippen LogP contribution in [0.2, 0.25) is 0 Å². The number of nitrogens with zero attached hydrogens (tertiary/aromatic N) is 5. The maximum atomic E-state index is 15.2. The first-order chi connectivity index (χ1) is 48.8. The van der Waals surface area contributed by atoms with Gasteiger partial charge in [0.2, 0.25) is 23.6 Å². The lowest BCUT2D eigenvalue weighted by Gasteiger charge is -2.41. The van der Waals surface area contributed by atoms with Gasteiger partial charge in [-0.25, -0.2) is 13.6 Å². The van der Waals surface area contributed by atoms with Crippen LogP contribution in [0.3, 0.4) is 0 Å². The van der Waals surface area contributed by atoms with E-state index in [1.54, 1.807) is 70.1 Å².